The lowest BCUT2D eigenvalue weighted by molar-refractivity contribution is -0.126. The van der Waals surface area contributed by atoms with Crippen molar-refractivity contribution in [2.75, 3.05) is 13.1 Å². The van der Waals surface area contributed by atoms with Crippen LogP contribution in [-0.4, -0.2) is 35.1 Å². The van der Waals surface area contributed by atoms with Gasteiger partial charge in [0.25, 0.3) is 0 Å². The molecule has 1 heterocycles. The number of allylic oxidation sites excluding steroid dienone is 1. The van der Waals surface area contributed by atoms with E-state index in [1.54, 1.807) is 0 Å². The van der Waals surface area contributed by atoms with E-state index in [2.05, 4.69) is 27.8 Å². The number of nitrogens with zero attached hydrogens (tertiary/aromatic N) is 1. The number of piperidine rings is 1. The van der Waals surface area contributed by atoms with Gasteiger partial charge in [-0.05, 0) is 49.7 Å². The van der Waals surface area contributed by atoms with E-state index in [9.17, 15) is 4.79 Å². The average Bonchev–Trinajstić information content (AvgIpc) is 3.09. The maximum atomic E-state index is 11.5. The van der Waals surface area contributed by atoms with Crippen molar-refractivity contribution in [1.82, 2.24) is 15.6 Å². The first-order valence-electron chi connectivity index (χ1n) is 7.41. The fourth-order valence-electron chi connectivity index (χ4n) is 3.66. The molecule has 2 bridgehead atoms. The summed E-state index contributed by atoms with van der Waals surface area (Å²) in [6.07, 6.45) is 8.78. The standard InChI is InChI=1S/C14H22N4OS/c15-17-13(19)10-3-5-18(6-4-10)14(20)16-12-8-9-1-2-11(12)7-9/h1-2,9-12H,3-8,15H2,(H,16,20)(H,17,19). The van der Waals surface area contributed by atoms with Crippen LogP contribution >= 0.6 is 12.2 Å². The van der Waals surface area contributed by atoms with E-state index in [-0.39, 0.29) is 11.8 Å². The second-order valence-corrected chi connectivity index (χ2v) is 6.49. The minimum atomic E-state index is -0.0539. The number of fused-ring (bicyclic) bond motifs is 2. The van der Waals surface area contributed by atoms with Crippen molar-refractivity contribution in [3.05, 3.63) is 12.2 Å². The average molecular weight is 294 g/mol. The van der Waals surface area contributed by atoms with Gasteiger partial charge in [0.05, 0.1) is 0 Å². The van der Waals surface area contributed by atoms with Gasteiger partial charge in [-0.1, -0.05) is 12.2 Å². The summed E-state index contributed by atoms with van der Waals surface area (Å²) in [5.74, 6) is 6.56. The maximum Gasteiger partial charge on any atom is 0.237 e. The van der Waals surface area contributed by atoms with Gasteiger partial charge in [-0.2, -0.15) is 0 Å². The number of thiocarbonyl (C=S) groups is 1. The van der Waals surface area contributed by atoms with Crippen molar-refractivity contribution in [3.63, 3.8) is 0 Å². The molecule has 0 aromatic heterocycles. The number of nitrogens with one attached hydrogen (secondary N) is 2. The molecule has 4 N–H and O–H groups in total. The lowest BCUT2D eigenvalue weighted by Crippen LogP contribution is -2.50. The summed E-state index contributed by atoms with van der Waals surface area (Å²) in [6, 6.07) is 0.502. The first kappa shape index (κ1) is 13.8. The number of hydrogen-bond acceptors (Lipinski definition) is 3. The lowest BCUT2D eigenvalue weighted by atomic mass is 9.96. The zero-order chi connectivity index (χ0) is 14.1. The van der Waals surface area contributed by atoms with E-state index in [1.807, 2.05) is 0 Å². The van der Waals surface area contributed by atoms with Crippen molar-refractivity contribution in [2.24, 2.45) is 23.6 Å². The zero-order valence-electron chi connectivity index (χ0n) is 11.5. The maximum absolute atomic E-state index is 11.5. The van der Waals surface area contributed by atoms with Gasteiger partial charge in [0.15, 0.2) is 5.11 Å². The van der Waals surface area contributed by atoms with Crippen molar-refractivity contribution < 1.29 is 4.79 Å². The Balaban J connectivity index is 1.47. The van der Waals surface area contributed by atoms with Gasteiger partial charge in [0, 0.05) is 25.0 Å². The second-order valence-electron chi connectivity index (χ2n) is 6.11. The summed E-state index contributed by atoms with van der Waals surface area (Å²) < 4.78 is 0. The van der Waals surface area contributed by atoms with Gasteiger partial charge in [0.1, 0.15) is 0 Å². The van der Waals surface area contributed by atoms with E-state index >= 15 is 0 Å². The summed E-state index contributed by atoms with van der Waals surface area (Å²) in [5.41, 5.74) is 2.24. The van der Waals surface area contributed by atoms with Crippen LogP contribution in [0.2, 0.25) is 0 Å². The van der Waals surface area contributed by atoms with Crippen LogP contribution in [0.5, 0.6) is 0 Å². The Morgan fingerprint density at radius 1 is 1.25 bits per heavy atom. The normalized spacial score (nSPS) is 32.5. The molecule has 1 saturated carbocycles. The van der Waals surface area contributed by atoms with E-state index < -0.39 is 0 Å². The highest BCUT2D eigenvalue weighted by Gasteiger charge is 2.36. The Kier molecular flexibility index (Phi) is 3.94. The van der Waals surface area contributed by atoms with Crippen molar-refractivity contribution in [1.29, 1.82) is 0 Å². The topological polar surface area (TPSA) is 70.4 Å². The number of amides is 1. The number of hydrogen-bond donors (Lipinski definition) is 3. The van der Waals surface area contributed by atoms with E-state index in [0.717, 1.165) is 37.0 Å². The molecule has 3 atom stereocenters. The Hall–Kier alpha value is -1.14. The first-order chi connectivity index (χ1) is 9.67. The molecule has 0 radical (unpaired) electrons. The highest BCUT2D eigenvalue weighted by Crippen LogP contribution is 2.39. The number of carbonyl (C=O) groups is 1. The molecule has 3 aliphatic rings. The highest BCUT2D eigenvalue weighted by atomic mass is 32.1. The third-order valence-electron chi connectivity index (χ3n) is 4.88. The molecule has 1 aliphatic heterocycles. The minimum Gasteiger partial charge on any atom is -0.359 e. The van der Waals surface area contributed by atoms with E-state index in [1.165, 1.54) is 12.8 Å². The molecule has 3 rings (SSSR count). The Bertz CT molecular complexity index is 431. The van der Waals surface area contributed by atoms with Gasteiger partial charge in [0.2, 0.25) is 5.91 Å². The molecule has 20 heavy (non-hydrogen) atoms. The monoisotopic (exact) mass is 294 g/mol. The molecule has 1 saturated heterocycles. The number of nitrogens with two attached hydrogens (primary N) is 1. The van der Waals surface area contributed by atoms with Gasteiger partial charge >= 0.3 is 0 Å². The number of carbonyl (C=O) groups excluding carboxylic acids is 1. The molecular weight excluding hydrogens is 272 g/mol. The van der Waals surface area contributed by atoms with E-state index in [0.29, 0.717) is 12.0 Å². The van der Waals surface area contributed by atoms with Crippen LogP contribution in [0.1, 0.15) is 25.7 Å². The lowest BCUT2D eigenvalue weighted by Gasteiger charge is -2.35. The zero-order valence-corrected chi connectivity index (χ0v) is 12.4. The molecule has 6 heteroatoms. The van der Waals surface area contributed by atoms with Crippen LogP contribution < -0.4 is 16.6 Å². The third-order valence-corrected chi connectivity index (χ3v) is 5.26. The number of likely N-dealkylation sites (tertiary alicyclic amines) is 1. The fraction of sp³-hybridized carbons (Fsp3) is 0.714. The van der Waals surface area contributed by atoms with Crippen molar-refractivity contribution in [3.8, 4) is 0 Å². The Morgan fingerprint density at radius 2 is 2.00 bits per heavy atom. The molecular formula is C14H22N4OS. The van der Waals surface area contributed by atoms with Gasteiger partial charge in [-0.3, -0.25) is 10.2 Å². The third kappa shape index (κ3) is 2.67. The van der Waals surface area contributed by atoms with Crippen LogP contribution in [0.25, 0.3) is 0 Å². The predicted octanol–water partition coefficient (Wildman–Crippen LogP) is 0.527. The van der Waals surface area contributed by atoms with Gasteiger partial charge in [-0.25, -0.2) is 5.84 Å². The van der Waals surface area contributed by atoms with Crippen molar-refractivity contribution >= 4 is 23.2 Å². The second kappa shape index (κ2) is 5.69. The van der Waals surface area contributed by atoms with Crippen LogP contribution in [0, 0.1) is 17.8 Å². The molecule has 5 nitrogen and oxygen atoms in total. The summed E-state index contributed by atoms with van der Waals surface area (Å²) in [5, 5.41) is 4.37. The first-order valence-corrected chi connectivity index (χ1v) is 7.82. The highest BCUT2D eigenvalue weighted by molar-refractivity contribution is 7.80. The molecule has 0 aromatic carbocycles. The minimum absolute atomic E-state index is 0.0319. The molecule has 3 unspecified atom stereocenters. The molecule has 2 aliphatic carbocycles. The molecule has 1 amide bonds. The molecule has 0 aromatic rings. The van der Waals surface area contributed by atoms with E-state index in [4.69, 9.17) is 18.1 Å². The number of rotatable bonds is 2. The summed E-state index contributed by atoms with van der Waals surface area (Å²) in [6.45, 7) is 1.67. The molecule has 2 fully saturated rings. The molecule has 110 valence electrons. The van der Waals surface area contributed by atoms with Gasteiger partial charge < -0.3 is 10.2 Å². The Morgan fingerprint density at radius 3 is 2.55 bits per heavy atom. The van der Waals surface area contributed by atoms with Gasteiger partial charge in [-0.15, -0.1) is 0 Å². The van der Waals surface area contributed by atoms with Crippen LogP contribution in [0.15, 0.2) is 12.2 Å². The Labute approximate surface area is 124 Å². The van der Waals surface area contributed by atoms with Crippen LogP contribution in [0.4, 0.5) is 0 Å². The smallest absolute Gasteiger partial charge is 0.237 e. The largest absolute Gasteiger partial charge is 0.359 e. The summed E-state index contributed by atoms with van der Waals surface area (Å²) >= 11 is 5.52. The van der Waals surface area contributed by atoms with Crippen LogP contribution in [-0.2, 0) is 4.79 Å². The van der Waals surface area contributed by atoms with Crippen molar-refractivity contribution in [2.45, 2.75) is 31.7 Å². The fourth-order valence-corrected chi connectivity index (χ4v) is 3.99. The summed E-state index contributed by atoms with van der Waals surface area (Å²) in [7, 11) is 0. The summed E-state index contributed by atoms with van der Waals surface area (Å²) in [4.78, 5) is 13.7. The number of hydrazine groups is 1. The predicted molar refractivity (Wildman–Crippen MR) is 81.5 cm³/mol. The SMILES string of the molecule is NNC(=O)C1CCN(C(=S)NC2CC3C=CC2C3)CC1. The van der Waals surface area contributed by atoms with Crippen LogP contribution in [0.3, 0.4) is 0 Å². The quantitative estimate of drug-likeness (QED) is 0.228. The molecule has 0 spiro atoms.